The van der Waals surface area contributed by atoms with Crippen molar-refractivity contribution >= 4 is 17.2 Å². The molecule has 1 fully saturated rings. The van der Waals surface area contributed by atoms with Crippen LogP contribution in [0.15, 0.2) is 29.6 Å². The number of amides is 1. The molecule has 4 nitrogen and oxygen atoms in total. The molecule has 1 aromatic heterocycles. The summed E-state index contributed by atoms with van der Waals surface area (Å²) in [6, 6.07) is 8.33. The van der Waals surface area contributed by atoms with Gasteiger partial charge in [-0.15, -0.1) is 11.3 Å². The van der Waals surface area contributed by atoms with Crippen molar-refractivity contribution in [3.8, 4) is 11.3 Å². The Kier molecular flexibility index (Phi) is 3.80. The fraction of sp³-hybridized carbons (Fsp3) is 0.333. The number of carbonyl (C=O) groups excluding carboxylic acids is 1. The smallest absolute Gasteiger partial charge is 0.251 e. The van der Waals surface area contributed by atoms with E-state index in [4.69, 9.17) is 4.74 Å². The molecule has 1 aliphatic heterocycles. The largest absolute Gasteiger partial charge is 0.363 e. The first kappa shape index (κ1) is 13.3. The number of nitrogens with one attached hydrogen (secondary N) is 1. The molecule has 5 heteroatoms. The molecule has 0 saturated carbocycles. The number of benzene rings is 1. The number of epoxide rings is 1. The van der Waals surface area contributed by atoms with Crippen LogP contribution in [0, 0.1) is 6.92 Å². The molecule has 1 aliphatic rings. The predicted octanol–water partition coefficient (Wildman–Crippen LogP) is 2.18. The number of rotatable bonds is 5. The Balaban J connectivity index is 1.54. The van der Waals surface area contributed by atoms with Crippen LogP contribution >= 0.6 is 11.3 Å². The van der Waals surface area contributed by atoms with E-state index in [9.17, 15) is 4.79 Å². The molecule has 2 heterocycles. The van der Waals surface area contributed by atoms with Gasteiger partial charge in [0, 0.05) is 17.5 Å². The van der Waals surface area contributed by atoms with Crippen LogP contribution in [0.3, 0.4) is 0 Å². The molecule has 1 saturated heterocycles. The zero-order chi connectivity index (χ0) is 13.9. The minimum Gasteiger partial charge on any atom is -0.363 e. The SMILES string of the molecule is Cc1nc(-c2ccc(CCNC(=O)C3CO3)cc2)cs1. The Hall–Kier alpha value is -1.72. The maximum atomic E-state index is 11.4. The van der Waals surface area contributed by atoms with Crippen LogP contribution in [-0.4, -0.2) is 30.1 Å². The van der Waals surface area contributed by atoms with Gasteiger partial charge in [-0.1, -0.05) is 24.3 Å². The van der Waals surface area contributed by atoms with Gasteiger partial charge in [0.15, 0.2) is 6.10 Å². The highest BCUT2D eigenvalue weighted by molar-refractivity contribution is 7.09. The molecule has 2 aromatic rings. The molecule has 0 radical (unpaired) electrons. The normalized spacial score (nSPS) is 16.9. The molecule has 20 heavy (non-hydrogen) atoms. The monoisotopic (exact) mass is 288 g/mol. The van der Waals surface area contributed by atoms with E-state index < -0.39 is 0 Å². The third kappa shape index (κ3) is 3.23. The van der Waals surface area contributed by atoms with Gasteiger partial charge in [-0.05, 0) is 18.9 Å². The van der Waals surface area contributed by atoms with E-state index in [1.807, 2.05) is 6.92 Å². The molecule has 3 rings (SSSR count). The summed E-state index contributed by atoms with van der Waals surface area (Å²) in [6.07, 6.45) is 0.625. The summed E-state index contributed by atoms with van der Waals surface area (Å²) >= 11 is 1.66. The first-order valence-corrected chi connectivity index (χ1v) is 7.51. The lowest BCUT2D eigenvalue weighted by Gasteiger charge is -2.04. The van der Waals surface area contributed by atoms with Crippen LogP contribution < -0.4 is 5.32 Å². The van der Waals surface area contributed by atoms with E-state index >= 15 is 0 Å². The fourth-order valence-corrected chi connectivity index (χ4v) is 2.60. The second-order valence-electron chi connectivity index (χ2n) is 4.81. The van der Waals surface area contributed by atoms with Gasteiger partial charge in [0.2, 0.25) is 0 Å². The summed E-state index contributed by atoms with van der Waals surface area (Å²) in [5.41, 5.74) is 3.37. The van der Waals surface area contributed by atoms with E-state index in [1.165, 1.54) is 5.56 Å². The van der Waals surface area contributed by atoms with Gasteiger partial charge in [0.05, 0.1) is 17.3 Å². The van der Waals surface area contributed by atoms with Crippen LogP contribution in [0.25, 0.3) is 11.3 Å². The number of carbonyl (C=O) groups is 1. The predicted molar refractivity (Wildman–Crippen MR) is 78.7 cm³/mol. The lowest BCUT2D eigenvalue weighted by atomic mass is 10.1. The van der Waals surface area contributed by atoms with Crippen LogP contribution in [0.4, 0.5) is 0 Å². The van der Waals surface area contributed by atoms with Crippen molar-refractivity contribution in [2.75, 3.05) is 13.2 Å². The zero-order valence-electron chi connectivity index (χ0n) is 11.3. The van der Waals surface area contributed by atoms with Crippen molar-refractivity contribution in [3.05, 3.63) is 40.2 Å². The molecular weight excluding hydrogens is 272 g/mol. The summed E-state index contributed by atoms with van der Waals surface area (Å²) in [7, 11) is 0. The number of nitrogens with zero attached hydrogens (tertiary/aromatic N) is 1. The third-order valence-corrected chi connectivity index (χ3v) is 3.98. The lowest BCUT2D eigenvalue weighted by Crippen LogP contribution is -2.29. The van der Waals surface area contributed by atoms with Crippen LogP contribution in [0.2, 0.25) is 0 Å². The minimum atomic E-state index is -0.203. The maximum Gasteiger partial charge on any atom is 0.251 e. The Labute approximate surface area is 121 Å². The second-order valence-corrected chi connectivity index (χ2v) is 5.87. The summed E-state index contributed by atoms with van der Waals surface area (Å²) in [5, 5.41) is 6.02. The highest BCUT2D eigenvalue weighted by Gasteiger charge is 2.30. The number of hydrogen-bond donors (Lipinski definition) is 1. The first-order valence-electron chi connectivity index (χ1n) is 6.63. The Morgan fingerprint density at radius 3 is 2.80 bits per heavy atom. The van der Waals surface area contributed by atoms with E-state index in [0.717, 1.165) is 22.7 Å². The van der Waals surface area contributed by atoms with Gasteiger partial charge in [0.1, 0.15) is 0 Å². The molecule has 0 aliphatic carbocycles. The van der Waals surface area contributed by atoms with Crippen LogP contribution in [-0.2, 0) is 16.0 Å². The summed E-state index contributed by atoms with van der Waals surface area (Å²) < 4.78 is 4.92. The highest BCUT2D eigenvalue weighted by atomic mass is 32.1. The van der Waals surface area contributed by atoms with E-state index in [2.05, 4.69) is 39.9 Å². The molecule has 1 aromatic carbocycles. The second kappa shape index (κ2) is 5.73. The van der Waals surface area contributed by atoms with Crippen molar-refractivity contribution in [1.82, 2.24) is 10.3 Å². The van der Waals surface area contributed by atoms with Gasteiger partial charge in [-0.3, -0.25) is 4.79 Å². The fourth-order valence-electron chi connectivity index (χ4n) is 1.98. The van der Waals surface area contributed by atoms with Crippen LogP contribution in [0.5, 0.6) is 0 Å². The summed E-state index contributed by atoms with van der Waals surface area (Å²) in [4.78, 5) is 15.9. The van der Waals surface area contributed by atoms with Crippen molar-refractivity contribution in [2.45, 2.75) is 19.4 Å². The third-order valence-electron chi connectivity index (χ3n) is 3.21. The quantitative estimate of drug-likeness (QED) is 0.858. The first-order chi connectivity index (χ1) is 9.72. The van der Waals surface area contributed by atoms with Crippen molar-refractivity contribution < 1.29 is 9.53 Å². The Bertz CT molecular complexity index is 603. The Morgan fingerprint density at radius 1 is 1.45 bits per heavy atom. The number of thiazole rings is 1. The van der Waals surface area contributed by atoms with Gasteiger partial charge in [-0.25, -0.2) is 4.98 Å². The number of aryl methyl sites for hydroxylation is 1. The summed E-state index contributed by atoms with van der Waals surface area (Å²) in [6.45, 7) is 3.22. The highest BCUT2D eigenvalue weighted by Crippen LogP contribution is 2.21. The maximum absolute atomic E-state index is 11.4. The van der Waals surface area contributed by atoms with Gasteiger partial charge >= 0.3 is 0 Å². The van der Waals surface area contributed by atoms with E-state index in [1.54, 1.807) is 11.3 Å². The molecule has 0 bridgehead atoms. The Morgan fingerprint density at radius 2 is 2.20 bits per heavy atom. The van der Waals surface area contributed by atoms with E-state index in [-0.39, 0.29) is 12.0 Å². The molecule has 1 amide bonds. The van der Waals surface area contributed by atoms with Crippen LogP contribution in [0.1, 0.15) is 10.6 Å². The standard InChI is InChI=1S/C15H16N2O2S/c1-10-17-13(9-20-10)12-4-2-11(3-5-12)6-7-16-15(18)14-8-19-14/h2-5,9,14H,6-8H2,1H3,(H,16,18). The minimum absolute atomic E-state index is 0.000400. The zero-order valence-corrected chi connectivity index (χ0v) is 12.1. The molecule has 1 N–H and O–H groups in total. The average molecular weight is 288 g/mol. The van der Waals surface area contributed by atoms with Gasteiger partial charge in [0.25, 0.3) is 5.91 Å². The average Bonchev–Trinajstić information content (AvgIpc) is 3.22. The van der Waals surface area contributed by atoms with Gasteiger partial charge in [-0.2, -0.15) is 0 Å². The van der Waals surface area contributed by atoms with Crippen molar-refractivity contribution in [1.29, 1.82) is 0 Å². The molecular formula is C15H16N2O2S. The summed E-state index contributed by atoms with van der Waals surface area (Å²) in [5.74, 6) is -0.000400. The number of ether oxygens (including phenoxy) is 1. The molecule has 1 atom stereocenters. The molecule has 104 valence electrons. The van der Waals surface area contributed by atoms with Gasteiger partial charge < -0.3 is 10.1 Å². The lowest BCUT2D eigenvalue weighted by molar-refractivity contribution is -0.122. The number of hydrogen-bond acceptors (Lipinski definition) is 4. The van der Waals surface area contributed by atoms with E-state index in [0.29, 0.717) is 13.2 Å². The molecule has 1 unspecified atom stereocenters. The molecule has 0 spiro atoms. The van der Waals surface area contributed by atoms with Crippen molar-refractivity contribution in [2.24, 2.45) is 0 Å². The topological polar surface area (TPSA) is 54.5 Å². The van der Waals surface area contributed by atoms with Crippen molar-refractivity contribution in [3.63, 3.8) is 0 Å². The number of aromatic nitrogens is 1.